The quantitative estimate of drug-likeness (QED) is 0.364. The monoisotopic (exact) mass is 319 g/mol. The fraction of sp³-hybridized carbons (Fsp3) is 0.200. The molecule has 114 valence electrons. The van der Waals surface area contributed by atoms with Crippen LogP contribution < -0.4 is 0 Å². The number of nitro benzene ring substituents is 1. The summed E-state index contributed by atoms with van der Waals surface area (Å²) in [6.45, 7) is 4.43. The molecule has 0 unspecified atom stereocenters. The zero-order valence-electron chi connectivity index (χ0n) is 12.1. The molecule has 6 nitrogen and oxygen atoms in total. The summed E-state index contributed by atoms with van der Waals surface area (Å²) in [7, 11) is 0. The molecular formula is C15H14ClN3O3. The number of rotatable bonds is 5. The Morgan fingerprint density at radius 2 is 2.23 bits per heavy atom. The Morgan fingerprint density at radius 3 is 2.82 bits per heavy atom. The van der Waals surface area contributed by atoms with Gasteiger partial charge in [0.25, 0.3) is 5.69 Å². The number of halogens is 1. The SMILES string of the molecule is CCn1ncc(C(=O)/C=C/c2cc([N+](=O)[O-])ccc2Cl)c1C. The lowest BCUT2D eigenvalue weighted by Gasteiger charge is -2.00. The third-order valence-electron chi connectivity index (χ3n) is 3.27. The van der Waals surface area contributed by atoms with E-state index in [9.17, 15) is 14.9 Å². The van der Waals surface area contributed by atoms with Crippen molar-refractivity contribution >= 4 is 29.1 Å². The van der Waals surface area contributed by atoms with Crippen LogP contribution in [0.15, 0.2) is 30.5 Å². The fourth-order valence-electron chi connectivity index (χ4n) is 2.03. The fourth-order valence-corrected chi connectivity index (χ4v) is 2.22. The second-order valence-corrected chi connectivity index (χ2v) is 5.03. The molecule has 1 heterocycles. The number of nitrogens with zero attached hydrogens (tertiary/aromatic N) is 3. The van der Waals surface area contributed by atoms with Crippen molar-refractivity contribution < 1.29 is 9.72 Å². The Labute approximate surface area is 132 Å². The maximum absolute atomic E-state index is 12.2. The van der Waals surface area contributed by atoms with Crippen molar-refractivity contribution in [3.05, 3.63) is 62.4 Å². The summed E-state index contributed by atoms with van der Waals surface area (Å²) in [6, 6.07) is 4.08. The number of hydrogen-bond acceptors (Lipinski definition) is 4. The molecule has 0 aliphatic heterocycles. The van der Waals surface area contributed by atoms with Gasteiger partial charge in [0.05, 0.1) is 16.7 Å². The molecule has 0 N–H and O–H groups in total. The van der Waals surface area contributed by atoms with E-state index in [1.807, 2.05) is 13.8 Å². The van der Waals surface area contributed by atoms with Gasteiger partial charge in [-0.1, -0.05) is 11.6 Å². The Bertz CT molecular complexity index is 765. The lowest BCUT2D eigenvalue weighted by atomic mass is 10.1. The minimum atomic E-state index is -0.509. The van der Waals surface area contributed by atoms with E-state index in [1.54, 1.807) is 4.68 Å². The molecule has 0 saturated carbocycles. The highest BCUT2D eigenvalue weighted by Gasteiger charge is 2.12. The van der Waals surface area contributed by atoms with Crippen molar-refractivity contribution in [3.63, 3.8) is 0 Å². The number of benzene rings is 1. The molecule has 2 rings (SSSR count). The first-order valence-electron chi connectivity index (χ1n) is 6.62. The number of aromatic nitrogens is 2. The summed E-state index contributed by atoms with van der Waals surface area (Å²) >= 11 is 5.99. The van der Waals surface area contributed by atoms with E-state index >= 15 is 0 Å². The van der Waals surface area contributed by atoms with Crippen LogP contribution in [0.1, 0.15) is 28.5 Å². The number of allylic oxidation sites excluding steroid dienone is 1. The molecule has 7 heteroatoms. The highest BCUT2D eigenvalue weighted by molar-refractivity contribution is 6.32. The molecular weight excluding hydrogens is 306 g/mol. The Balaban J connectivity index is 2.28. The third kappa shape index (κ3) is 3.23. The molecule has 0 bridgehead atoms. The first-order chi connectivity index (χ1) is 10.4. The first kappa shape index (κ1) is 15.9. The molecule has 0 aliphatic carbocycles. The third-order valence-corrected chi connectivity index (χ3v) is 3.62. The van der Waals surface area contributed by atoms with Gasteiger partial charge in [-0.2, -0.15) is 5.10 Å². The number of carbonyl (C=O) groups excluding carboxylic acids is 1. The molecule has 2 aromatic rings. The molecule has 0 spiro atoms. The van der Waals surface area contributed by atoms with Crippen LogP contribution in [-0.2, 0) is 6.54 Å². The number of nitro groups is 1. The zero-order valence-corrected chi connectivity index (χ0v) is 12.9. The Kier molecular flexibility index (Phi) is 4.72. The van der Waals surface area contributed by atoms with Crippen LogP contribution in [0.2, 0.25) is 5.02 Å². The molecule has 0 saturated heterocycles. The van der Waals surface area contributed by atoms with Crippen molar-refractivity contribution in [3.8, 4) is 0 Å². The smallest absolute Gasteiger partial charge is 0.270 e. The standard InChI is InChI=1S/C15H14ClN3O3/c1-3-18-10(2)13(9-17-18)15(20)7-4-11-8-12(19(21)22)5-6-14(11)16/h4-9H,3H2,1-2H3/b7-4+. The molecule has 1 aromatic carbocycles. The number of aryl methyl sites for hydroxylation is 1. The number of hydrogen-bond donors (Lipinski definition) is 0. The van der Waals surface area contributed by atoms with Crippen molar-refractivity contribution in [1.82, 2.24) is 9.78 Å². The Hall–Kier alpha value is -2.47. The van der Waals surface area contributed by atoms with Gasteiger partial charge in [0.1, 0.15) is 0 Å². The van der Waals surface area contributed by atoms with Gasteiger partial charge < -0.3 is 0 Å². The average Bonchev–Trinajstić information content (AvgIpc) is 2.86. The molecule has 0 amide bonds. The van der Waals surface area contributed by atoms with Crippen LogP contribution in [0.25, 0.3) is 6.08 Å². The lowest BCUT2D eigenvalue weighted by molar-refractivity contribution is -0.384. The highest BCUT2D eigenvalue weighted by atomic mass is 35.5. The molecule has 0 radical (unpaired) electrons. The second kappa shape index (κ2) is 6.53. The summed E-state index contributed by atoms with van der Waals surface area (Å²) in [5, 5.41) is 15.2. The molecule has 0 atom stereocenters. The van der Waals surface area contributed by atoms with Gasteiger partial charge in [0, 0.05) is 29.4 Å². The molecule has 0 fully saturated rings. The van der Waals surface area contributed by atoms with Gasteiger partial charge >= 0.3 is 0 Å². The minimum absolute atomic E-state index is 0.0773. The number of ketones is 1. The van der Waals surface area contributed by atoms with Crippen molar-refractivity contribution in [2.24, 2.45) is 0 Å². The van der Waals surface area contributed by atoms with Crippen LogP contribution in [-0.4, -0.2) is 20.5 Å². The maximum Gasteiger partial charge on any atom is 0.270 e. The second-order valence-electron chi connectivity index (χ2n) is 4.62. The number of carbonyl (C=O) groups is 1. The van der Waals surface area contributed by atoms with E-state index in [4.69, 9.17) is 11.6 Å². The number of non-ortho nitro benzene ring substituents is 1. The highest BCUT2D eigenvalue weighted by Crippen LogP contribution is 2.23. The summed E-state index contributed by atoms with van der Waals surface area (Å²) in [6.07, 6.45) is 4.33. The predicted octanol–water partition coefficient (Wildman–Crippen LogP) is 3.67. The van der Waals surface area contributed by atoms with E-state index < -0.39 is 4.92 Å². The van der Waals surface area contributed by atoms with Crippen LogP contribution in [0.3, 0.4) is 0 Å². The van der Waals surface area contributed by atoms with Crippen molar-refractivity contribution in [2.75, 3.05) is 0 Å². The van der Waals surface area contributed by atoms with E-state index in [0.717, 1.165) is 5.69 Å². The predicted molar refractivity (Wildman–Crippen MR) is 84.1 cm³/mol. The van der Waals surface area contributed by atoms with Gasteiger partial charge in [-0.3, -0.25) is 19.6 Å². The summed E-state index contributed by atoms with van der Waals surface area (Å²) in [5.41, 5.74) is 1.62. The van der Waals surface area contributed by atoms with Gasteiger partial charge in [-0.15, -0.1) is 0 Å². The largest absolute Gasteiger partial charge is 0.289 e. The van der Waals surface area contributed by atoms with Crippen molar-refractivity contribution in [2.45, 2.75) is 20.4 Å². The van der Waals surface area contributed by atoms with Crippen molar-refractivity contribution in [1.29, 1.82) is 0 Å². The maximum atomic E-state index is 12.2. The normalized spacial score (nSPS) is 11.0. The summed E-state index contributed by atoms with van der Waals surface area (Å²) in [5.74, 6) is -0.222. The Morgan fingerprint density at radius 1 is 1.50 bits per heavy atom. The first-order valence-corrected chi connectivity index (χ1v) is 7.00. The topological polar surface area (TPSA) is 78.0 Å². The van der Waals surface area contributed by atoms with E-state index in [-0.39, 0.29) is 11.5 Å². The van der Waals surface area contributed by atoms with Crippen LogP contribution >= 0.6 is 11.6 Å². The average molecular weight is 320 g/mol. The van der Waals surface area contributed by atoms with Gasteiger partial charge in [0.2, 0.25) is 0 Å². The summed E-state index contributed by atoms with van der Waals surface area (Å²) < 4.78 is 1.72. The van der Waals surface area contributed by atoms with E-state index in [0.29, 0.717) is 22.7 Å². The van der Waals surface area contributed by atoms with Crippen LogP contribution in [0.4, 0.5) is 5.69 Å². The van der Waals surface area contributed by atoms with E-state index in [2.05, 4.69) is 5.10 Å². The lowest BCUT2D eigenvalue weighted by Crippen LogP contribution is -2.01. The van der Waals surface area contributed by atoms with Gasteiger partial charge in [-0.05, 0) is 37.6 Å². The van der Waals surface area contributed by atoms with E-state index in [1.165, 1.54) is 36.5 Å². The summed E-state index contributed by atoms with van der Waals surface area (Å²) in [4.78, 5) is 22.4. The minimum Gasteiger partial charge on any atom is -0.289 e. The van der Waals surface area contributed by atoms with Crippen LogP contribution in [0.5, 0.6) is 0 Å². The van der Waals surface area contributed by atoms with Gasteiger partial charge in [0.15, 0.2) is 5.78 Å². The zero-order chi connectivity index (χ0) is 16.3. The van der Waals surface area contributed by atoms with Crippen LogP contribution in [0, 0.1) is 17.0 Å². The molecule has 22 heavy (non-hydrogen) atoms. The molecule has 0 aliphatic rings. The molecule has 1 aromatic heterocycles. The van der Waals surface area contributed by atoms with Gasteiger partial charge in [-0.25, -0.2) is 0 Å².